The molecule has 9 heteroatoms. The summed E-state index contributed by atoms with van der Waals surface area (Å²) in [6.07, 6.45) is 2.82. The Labute approximate surface area is 121 Å². The van der Waals surface area contributed by atoms with Gasteiger partial charge in [-0.25, -0.2) is 8.42 Å². The molecule has 0 fully saturated rings. The summed E-state index contributed by atoms with van der Waals surface area (Å²) < 4.78 is 27.2. The van der Waals surface area contributed by atoms with Gasteiger partial charge in [-0.15, -0.1) is 11.3 Å². The summed E-state index contributed by atoms with van der Waals surface area (Å²) in [4.78, 5) is 3.78. The van der Waals surface area contributed by atoms with Crippen LogP contribution < -0.4 is 10.5 Å². The van der Waals surface area contributed by atoms with Gasteiger partial charge < -0.3 is 5.73 Å². The zero-order valence-electron chi connectivity index (χ0n) is 8.72. The van der Waals surface area contributed by atoms with Crippen molar-refractivity contribution < 1.29 is 8.42 Å². The van der Waals surface area contributed by atoms with Crippen LogP contribution in [0.5, 0.6) is 0 Å². The summed E-state index contributed by atoms with van der Waals surface area (Å²) >= 11 is 10.00. The molecule has 0 saturated heterocycles. The number of nitrogen functional groups attached to an aromatic ring is 1. The van der Waals surface area contributed by atoms with Crippen molar-refractivity contribution in [3.8, 4) is 0 Å². The van der Waals surface area contributed by atoms with E-state index >= 15 is 0 Å². The monoisotopic (exact) mass is 367 g/mol. The summed E-state index contributed by atoms with van der Waals surface area (Å²) in [5.41, 5.74) is 6.16. The number of hydrogen-bond donors (Lipinski definition) is 2. The molecule has 2 rings (SSSR count). The molecule has 2 aromatic heterocycles. The van der Waals surface area contributed by atoms with Crippen LogP contribution in [0.1, 0.15) is 0 Å². The van der Waals surface area contributed by atoms with Gasteiger partial charge in [0.05, 0.1) is 26.4 Å². The predicted octanol–water partition coefficient (Wildman–Crippen LogP) is 2.94. The third-order valence-electron chi connectivity index (χ3n) is 1.98. The summed E-state index contributed by atoms with van der Waals surface area (Å²) in [5.74, 6) is 0. The Morgan fingerprint density at radius 1 is 1.50 bits per heavy atom. The maximum absolute atomic E-state index is 12.1. The quantitative estimate of drug-likeness (QED) is 0.872. The Morgan fingerprint density at radius 2 is 2.22 bits per heavy atom. The van der Waals surface area contributed by atoms with Gasteiger partial charge in [0.25, 0.3) is 10.0 Å². The SMILES string of the molecule is Nc1cnccc1NS(=O)(=O)c1cc(Cl)c(Br)s1. The minimum absolute atomic E-state index is 0.107. The first-order valence-corrected chi connectivity index (χ1v) is 8.04. The second-order valence-corrected chi connectivity index (χ2v) is 7.94. The van der Waals surface area contributed by atoms with Gasteiger partial charge in [-0.2, -0.15) is 0 Å². The highest BCUT2D eigenvalue weighted by Crippen LogP contribution is 2.35. The Bertz CT molecular complexity index is 667. The summed E-state index contributed by atoms with van der Waals surface area (Å²) in [6, 6.07) is 2.85. The van der Waals surface area contributed by atoms with E-state index in [0.717, 1.165) is 11.3 Å². The minimum Gasteiger partial charge on any atom is -0.396 e. The van der Waals surface area contributed by atoms with Crippen LogP contribution in [0.25, 0.3) is 0 Å². The number of rotatable bonds is 3. The van der Waals surface area contributed by atoms with Crippen LogP contribution in [0, 0.1) is 0 Å². The summed E-state index contributed by atoms with van der Waals surface area (Å²) in [6.45, 7) is 0. The highest BCUT2D eigenvalue weighted by atomic mass is 79.9. The third-order valence-corrected chi connectivity index (χ3v) is 6.30. The molecule has 0 aromatic carbocycles. The molecule has 96 valence electrons. The molecule has 0 radical (unpaired) electrons. The maximum Gasteiger partial charge on any atom is 0.271 e. The van der Waals surface area contributed by atoms with E-state index in [0.29, 0.717) is 8.81 Å². The summed E-state index contributed by atoms with van der Waals surface area (Å²) in [7, 11) is -3.69. The molecular weight excluding hydrogens is 362 g/mol. The lowest BCUT2D eigenvalue weighted by Crippen LogP contribution is -2.12. The van der Waals surface area contributed by atoms with Crippen molar-refractivity contribution in [1.82, 2.24) is 4.98 Å². The molecule has 0 bridgehead atoms. The average molecular weight is 369 g/mol. The normalized spacial score (nSPS) is 11.4. The molecule has 2 heterocycles. The standard InChI is InChI=1S/C9H7BrClN3O2S2/c10-9-5(11)3-8(17-9)18(15,16)14-7-1-2-13-4-6(7)12/h1-4H,12H2,(H,13,14). The van der Waals surface area contributed by atoms with Crippen LogP contribution >= 0.6 is 38.9 Å². The number of pyridine rings is 1. The number of nitrogens with one attached hydrogen (secondary N) is 1. The second-order valence-electron chi connectivity index (χ2n) is 3.26. The maximum atomic E-state index is 12.1. The van der Waals surface area contributed by atoms with Crippen molar-refractivity contribution in [3.63, 3.8) is 0 Å². The Balaban J connectivity index is 2.36. The Morgan fingerprint density at radius 3 is 2.78 bits per heavy atom. The number of nitrogens with two attached hydrogens (primary N) is 1. The van der Waals surface area contributed by atoms with E-state index < -0.39 is 10.0 Å². The fourth-order valence-corrected chi connectivity index (χ4v) is 4.64. The number of hydrogen-bond acceptors (Lipinski definition) is 5. The van der Waals surface area contributed by atoms with E-state index in [1.54, 1.807) is 0 Å². The van der Waals surface area contributed by atoms with Gasteiger partial charge in [0.2, 0.25) is 0 Å². The van der Waals surface area contributed by atoms with E-state index in [-0.39, 0.29) is 15.6 Å². The van der Waals surface area contributed by atoms with Crippen LogP contribution in [0.2, 0.25) is 5.02 Å². The molecule has 0 saturated carbocycles. The van der Waals surface area contributed by atoms with Crippen LogP contribution in [0.15, 0.2) is 32.5 Å². The molecular formula is C9H7BrClN3O2S2. The molecule has 0 aliphatic heterocycles. The second kappa shape index (κ2) is 5.04. The van der Waals surface area contributed by atoms with Crippen LogP contribution in [0.4, 0.5) is 11.4 Å². The fraction of sp³-hybridized carbons (Fsp3) is 0. The molecule has 2 aromatic rings. The zero-order chi connectivity index (χ0) is 13.3. The van der Waals surface area contributed by atoms with Crippen LogP contribution in [0.3, 0.4) is 0 Å². The number of nitrogens with zero attached hydrogens (tertiary/aromatic N) is 1. The first kappa shape index (κ1) is 13.6. The molecule has 0 unspecified atom stereocenters. The third kappa shape index (κ3) is 2.77. The van der Waals surface area contributed by atoms with Crippen molar-refractivity contribution >= 4 is 60.3 Å². The first-order chi connectivity index (χ1) is 8.40. The van der Waals surface area contributed by atoms with Gasteiger partial charge in [0.1, 0.15) is 4.21 Å². The lowest BCUT2D eigenvalue weighted by Gasteiger charge is -2.07. The lowest BCUT2D eigenvalue weighted by atomic mass is 10.4. The highest BCUT2D eigenvalue weighted by Gasteiger charge is 2.19. The number of halogens is 2. The van der Waals surface area contributed by atoms with Gasteiger partial charge in [-0.3, -0.25) is 9.71 Å². The molecule has 0 aliphatic carbocycles. The lowest BCUT2D eigenvalue weighted by molar-refractivity contribution is 0.603. The van der Waals surface area contributed by atoms with Gasteiger partial charge in [-0.1, -0.05) is 11.6 Å². The zero-order valence-corrected chi connectivity index (χ0v) is 12.7. The van der Waals surface area contributed by atoms with Crippen molar-refractivity contribution in [2.75, 3.05) is 10.5 Å². The van der Waals surface area contributed by atoms with Crippen molar-refractivity contribution in [2.45, 2.75) is 4.21 Å². The van der Waals surface area contributed by atoms with E-state index in [9.17, 15) is 8.42 Å². The molecule has 3 N–H and O–H groups in total. The summed E-state index contributed by atoms with van der Waals surface area (Å²) in [5, 5.41) is 0.350. The van der Waals surface area contributed by atoms with Gasteiger partial charge >= 0.3 is 0 Å². The average Bonchev–Trinajstić information content (AvgIpc) is 2.63. The molecule has 0 amide bonds. The van der Waals surface area contributed by atoms with E-state index in [1.807, 2.05) is 0 Å². The van der Waals surface area contributed by atoms with Gasteiger partial charge in [-0.05, 0) is 28.1 Å². The van der Waals surface area contributed by atoms with Crippen molar-refractivity contribution in [3.05, 3.63) is 33.3 Å². The van der Waals surface area contributed by atoms with Crippen molar-refractivity contribution in [1.29, 1.82) is 0 Å². The Kier molecular flexibility index (Phi) is 3.81. The molecule has 5 nitrogen and oxygen atoms in total. The molecule has 0 atom stereocenters. The molecule has 0 spiro atoms. The van der Waals surface area contributed by atoms with E-state index in [2.05, 4.69) is 25.6 Å². The van der Waals surface area contributed by atoms with Crippen molar-refractivity contribution in [2.24, 2.45) is 0 Å². The number of thiophene rings is 1. The topological polar surface area (TPSA) is 85.1 Å². The van der Waals surface area contributed by atoms with Gasteiger partial charge in [0, 0.05) is 6.20 Å². The van der Waals surface area contributed by atoms with E-state index in [4.69, 9.17) is 17.3 Å². The van der Waals surface area contributed by atoms with E-state index in [1.165, 1.54) is 24.5 Å². The largest absolute Gasteiger partial charge is 0.396 e. The molecule has 18 heavy (non-hydrogen) atoms. The van der Waals surface area contributed by atoms with Crippen LogP contribution in [-0.2, 0) is 10.0 Å². The van der Waals surface area contributed by atoms with Crippen LogP contribution in [-0.4, -0.2) is 13.4 Å². The number of aromatic nitrogens is 1. The van der Waals surface area contributed by atoms with Gasteiger partial charge in [0.15, 0.2) is 0 Å². The first-order valence-electron chi connectivity index (χ1n) is 4.57. The molecule has 0 aliphatic rings. The fourth-order valence-electron chi connectivity index (χ4n) is 1.15. The Hall–Kier alpha value is -0.830. The minimum atomic E-state index is -3.69. The predicted molar refractivity (Wildman–Crippen MR) is 76.5 cm³/mol. The highest BCUT2D eigenvalue weighted by molar-refractivity contribution is 9.11. The number of sulfonamides is 1. The smallest absolute Gasteiger partial charge is 0.271 e. The number of anilines is 2.